The molecule has 1 aromatic heterocycles. The van der Waals surface area contributed by atoms with Gasteiger partial charge in [-0.15, -0.1) is 0 Å². The van der Waals surface area contributed by atoms with E-state index in [1.807, 2.05) is 29.0 Å². The van der Waals surface area contributed by atoms with Crippen molar-refractivity contribution in [2.24, 2.45) is 5.73 Å². The maximum absolute atomic E-state index is 10.8. The average molecular weight is 247 g/mol. The van der Waals surface area contributed by atoms with E-state index in [9.17, 15) is 4.79 Å². The zero-order valence-corrected chi connectivity index (χ0v) is 10.2. The van der Waals surface area contributed by atoms with Crippen LogP contribution in [0.1, 0.15) is 24.1 Å². The molecule has 0 saturated heterocycles. The van der Waals surface area contributed by atoms with E-state index in [1.165, 1.54) is 6.92 Å². The SMILES string of the molecule is CC(=O)Oc1ccc([C@H](N)c2ccsc2)cc1. The molecular weight excluding hydrogens is 234 g/mol. The maximum Gasteiger partial charge on any atom is 0.308 e. The van der Waals surface area contributed by atoms with Gasteiger partial charge in [-0.3, -0.25) is 4.79 Å². The highest BCUT2D eigenvalue weighted by molar-refractivity contribution is 7.08. The molecule has 1 heterocycles. The molecule has 0 bridgehead atoms. The summed E-state index contributed by atoms with van der Waals surface area (Å²) in [5, 5.41) is 4.03. The third kappa shape index (κ3) is 2.93. The molecule has 0 aliphatic heterocycles. The van der Waals surface area contributed by atoms with Crippen molar-refractivity contribution in [3.8, 4) is 5.75 Å². The number of rotatable bonds is 3. The van der Waals surface area contributed by atoms with Crippen LogP contribution in [0, 0.1) is 0 Å². The molecular formula is C13H13NO2S. The average Bonchev–Trinajstić information content (AvgIpc) is 2.82. The second kappa shape index (κ2) is 5.12. The standard InChI is InChI=1S/C13H13NO2S/c1-9(15)16-12-4-2-10(3-5-12)13(14)11-6-7-17-8-11/h2-8,13H,14H2,1H3/t13-/m0/s1. The highest BCUT2D eigenvalue weighted by Crippen LogP contribution is 2.23. The molecule has 17 heavy (non-hydrogen) atoms. The highest BCUT2D eigenvalue weighted by atomic mass is 32.1. The Balaban J connectivity index is 2.15. The first-order chi connectivity index (χ1) is 8.16. The molecule has 0 spiro atoms. The second-order valence-corrected chi connectivity index (χ2v) is 4.48. The normalized spacial score (nSPS) is 12.1. The summed E-state index contributed by atoms with van der Waals surface area (Å²) in [6.45, 7) is 1.38. The predicted molar refractivity (Wildman–Crippen MR) is 68.1 cm³/mol. The van der Waals surface area contributed by atoms with Gasteiger partial charge in [0.2, 0.25) is 0 Å². The minimum atomic E-state index is -0.320. The number of carbonyl (C=O) groups excluding carboxylic acids is 1. The van der Waals surface area contributed by atoms with Crippen LogP contribution in [0.4, 0.5) is 0 Å². The molecule has 0 unspecified atom stereocenters. The zero-order chi connectivity index (χ0) is 12.3. The lowest BCUT2D eigenvalue weighted by molar-refractivity contribution is -0.131. The number of nitrogens with two attached hydrogens (primary N) is 1. The first-order valence-electron chi connectivity index (χ1n) is 5.23. The Morgan fingerprint density at radius 2 is 1.94 bits per heavy atom. The summed E-state index contributed by atoms with van der Waals surface area (Å²) < 4.78 is 4.96. The van der Waals surface area contributed by atoms with E-state index in [1.54, 1.807) is 23.5 Å². The van der Waals surface area contributed by atoms with Gasteiger partial charge in [0.25, 0.3) is 0 Å². The van der Waals surface area contributed by atoms with Crippen molar-refractivity contribution in [1.82, 2.24) is 0 Å². The summed E-state index contributed by atoms with van der Waals surface area (Å²) in [6.07, 6.45) is 0. The molecule has 2 aromatic rings. The van der Waals surface area contributed by atoms with Gasteiger partial charge < -0.3 is 10.5 Å². The molecule has 0 aliphatic carbocycles. The van der Waals surface area contributed by atoms with E-state index in [2.05, 4.69) is 0 Å². The Morgan fingerprint density at radius 3 is 2.47 bits per heavy atom. The predicted octanol–water partition coefficient (Wildman–Crippen LogP) is 2.72. The first kappa shape index (κ1) is 11.8. The van der Waals surface area contributed by atoms with Crippen molar-refractivity contribution >= 4 is 17.3 Å². The van der Waals surface area contributed by atoms with Gasteiger partial charge in [-0.1, -0.05) is 12.1 Å². The third-order valence-electron chi connectivity index (χ3n) is 2.40. The maximum atomic E-state index is 10.8. The van der Waals surface area contributed by atoms with Gasteiger partial charge in [-0.25, -0.2) is 0 Å². The largest absolute Gasteiger partial charge is 0.427 e. The summed E-state index contributed by atoms with van der Waals surface area (Å²) >= 11 is 1.62. The van der Waals surface area contributed by atoms with Crippen LogP contribution >= 0.6 is 11.3 Å². The van der Waals surface area contributed by atoms with Crippen LogP contribution in [0.2, 0.25) is 0 Å². The van der Waals surface area contributed by atoms with Crippen LogP contribution in [-0.4, -0.2) is 5.97 Å². The molecule has 2 N–H and O–H groups in total. The molecule has 2 rings (SSSR count). The summed E-state index contributed by atoms with van der Waals surface area (Å²) in [6, 6.07) is 9.13. The van der Waals surface area contributed by atoms with Crippen molar-refractivity contribution in [3.63, 3.8) is 0 Å². The summed E-state index contributed by atoms with van der Waals surface area (Å²) in [5.41, 5.74) is 8.20. The van der Waals surface area contributed by atoms with Gasteiger partial charge in [0, 0.05) is 6.92 Å². The number of ether oxygens (including phenoxy) is 1. The van der Waals surface area contributed by atoms with E-state index in [0.29, 0.717) is 5.75 Å². The zero-order valence-electron chi connectivity index (χ0n) is 9.42. The summed E-state index contributed by atoms with van der Waals surface area (Å²) in [7, 11) is 0. The van der Waals surface area contributed by atoms with E-state index in [0.717, 1.165) is 11.1 Å². The van der Waals surface area contributed by atoms with Gasteiger partial charge in [-0.2, -0.15) is 11.3 Å². The van der Waals surface area contributed by atoms with Gasteiger partial charge in [0.1, 0.15) is 5.75 Å². The lowest BCUT2D eigenvalue weighted by atomic mass is 10.0. The Bertz CT molecular complexity index is 491. The third-order valence-corrected chi connectivity index (χ3v) is 3.10. The summed E-state index contributed by atoms with van der Waals surface area (Å²) in [4.78, 5) is 10.8. The second-order valence-electron chi connectivity index (χ2n) is 3.70. The van der Waals surface area contributed by atoms with Crippen LogP contribution in [0.5, 0.6) is 5.75 Å². The smallest absolute Gasteiger partial charge is 0.308 e. The minimum absolute atomic E-state index is 0.132. The molecule has 0 fully saturated rings. The van der Waals surface area contributed by atoms with Crippen molar-refractivity contribution in [2.45, 2.75) is 13.0 Å². The van der Waals surface area contributed by atoms with Crippen LogP contribution < -0.4 is 10.5 Å². The van der Waals surface area contributed by atoms with Crippen molar-refractivity contribution in [3.05, 3.63) is 52.2 Å². The Labute approximate surface area is 104 Å². The van der Waals surface area contributed by atoms with Gasteiger partial charge in [0.05, 0.1) is 6.04 Å². The molecule has 1 atom stereocenters. The lowest BCUT2D eigenvalue weighted by Crippen LogP contribution is -2.10. The van der Waals surface area contributed by atoms with E-state index in [4.69, 9.17) is 10.5 Å². The molecule has 0 aliphatic rings. The molecule has 3 nitrogen and oxygen atoms in total. The van der Waals surface area contributed by atoms with E-state index >= 15 is 0 Å². The minimum Gasteiger partial charge on any atom is -0.427 e. The number of thiophene rings is 1. The Hall–Kier alpha value is -1.65. The number of hydrogen-bond acceptors (Lipinski definition) is 4. The fourth-order valence-corrected chi connectivity index (χ4v) is 2.25. The fraction of sp³-hybridized carbons (Fsp3) is 0.154. The monoisotopic (exact) mass is 247 g/mol. The fourth-order valence-electron chi connectivity index (χ4n) is 1.55. The van der Waals surface area contributed by atoms with Gasteiger partial charge in [0.15, 0.2) is 0 Å². The number of esters is 1. The van der Waals surface area contributed by atoms with Crippen LogP contribution in [-0.2, 0) is 4.79 Å². The molecule has 88 valence electrons. The number of benzene rings is 1. The van der Waals surface area contributed by atoms with Crippen molar-refractivity contribution < 1.29 is 9.53 Å². The Morgan fingerprint density at radius 1 is 1.24 bits per heavy atom. The molecule has 0 radical (unpaired) electrons. The number of hydrogen-bond donors (Lipinski definition) is 1. The van der Waals surface area contributed by atoms with Gasteiger partial charge >= 0.3 is 5.97 Å². The van der Waals surface area contributed by atoms with Crippen molar-refractivity contribution in [1.29, 1.82) is 0 Å². The Kier molecular flexibility index (Phi) is 3.56. The first-order valence-corrected chi connectivity index (χ1v) is 6.17. The molecule has 4 heteroatoms. The van der Waals surface area contributed by atoms with Crippen LogP contribution in [0.15, 0.2) is 41.1 Å². The molecule has 0 amide bonds. The van der Waals surface area contributed by atoms with Gasteiger partial charge in [-0.05, 0) is 40.1 Å². The van der Waals surface area contributed by atoms with Crippen molar-refractivity contribution in [2.75, 3.05) is 0 Å². The molecule has 0 saturated carbocycles. The quantitative estimate of drug-likeness (QED) is 0.670. The summed E-state index contributed by atoms with van der Waals surface area (Å²) in [5.74, 6) is 0.221. The topological polar surface area (TPSA) is 52.3 Å². The number of carbonyl (C=O) groups is 1. The lowest BCUT2D eigenvalue weighted by Gasteiger charge is -2.10. The molecule has 1 aromatic carbocycles. The van der Waals surface area contributed by atoms with Crippen LogP contribution in [0.25, 0.3) is 0 Å². The van der Waals surface area contributed by atoms with E-state index in [-0.39, 0.29) is 12.0 Å². The van der Waals surface area contributed by atoms with Crippen LogP contribution in [0.3, 0.4) is 0 Å². The highest BCUT2D eigenvalue weighted by Gasteiger charge is 2.09. The van der Waals surface area contributed by atoms with E-state index < -0.39 is 0 Å².